The van der Waals surface area contributed by atoms with Crippen molar-refractivity contribution in [2.75, 3.05) is 5.32 Å². The quantitative estimate of drug-likeness (QED) is 0.258. The highest BCUT2D eigenvalue weighted by Gasteiger charge is 2.17. The number of para-hydroxylation sites is 1. The molecule has 6 aromatic rings. The highest BCUT2D eigenvalue weighted by molar-refractivity contribution is 6.13. The van der Waals surface area contributed by atoms with Gasteiger partial charge in [0.05, 0.1) is 11.1 Å². The smallest absolute Gasteiger partial charge is 0.137 e. The number of fused-ring (bicyclic) bond motifs is 3. The number of furan rings is 1. The summed E-state index contributed by atoms with van der Waals surface area (Å²) in [6.07, 6.45) is 6.76. The van der Waals surface area contributed by atoms with Crippen molar-refractivity contribution >= 4 is 33.3 Å². The van der Waals surface area contributed by atoms with Crippen molar-refractivity contribution in [3.63, 3.8) is 0 Å². The van der Waals surface area contributed by atoms with Gasteiger partial charge in [0.25, 0.3) is 0 Å². The molecule has 1 aromatic heterocycles. The third-order valence-electron chi connectivity index (χ3n) is 8.10. The summed E-state index contributed by atoms with van der Waals surface area (Å²) in [5.74, 6) is 0.721. The molecule has 0 bridgehead atoms. The molecule has 2 nitrogen and oxygen atoms in total. The lowest BCUT2D eigenvalue weighted by Crippen LogP contribution is -2.04. The second kappa shape index (κ2) is 9.87. The third kappa shape index (κ3) is 4.26. The van der Waals surface area contributed by atoms with Gasteiger partial charge in [0.2, 0.25) is 0 Å². The average molecular weight is 494 g/mol. The minimum absolute atomic E-state index is 0.721. The van der Waals surface area contributed by atoms with E-state index < -0.39 is 0 Å². The zero-order chi connectivity index (χ0) is 25.3. The van der Waals surface area contributed by atoms with E-state index in [4.69, 9.17) is 4.42 Å². The Bertz CT molecular complexity index is 1710. The van der Waals surface area contributed by atoms with Gasteiger partial charge in [-0.25, -0.2) is 0 Å². The molecule has 7 rings (SSSR count). The molecular weight excluding hydrogens is 462 g/mol. The van der Waals surface area contributed by atoms with Crippen LogP contribution in [0, 0.1) is 0 Å². The Morgan fingerprint density at radius 3 is 2.13 bits per heavy atom. The summed E-state index contributed by atoms with van der Waals surface area (Å²) < 4.78 is 6.27. The maximum absolute atomic E-state index is 6.27. The molecule has 1 N–H and O–H groups in total. The maximum atomic E-state index is 6.27. The topological polar surface area (TPSA) is 25.2 Å². The Balaban J connectivity index is 1.27. The van der Waals surface area contributed by atoms with Crippen LogP contribution < -0.4 is 5.32 Å². The van der Waals surface area contributed by atoms with Crippen LogP contribution in [-0.4, -0.2) is 0 Å². The number of rotatable bonds is 5. The predicted octanol–water partition coefficient (Wildman–Crippen LogP) is 10.7. The summed E-state index contributed by atoms with van der Waals surface area (Å²) in [6, 6.07) is 41.1. The number of nitrogens with one attached hydrogen (secondary N) is 1. The fourth-order valence-corrected chi connectivity index (χ4v) is 6.10. The SMILES string of the molecule is c1ccc(-c2ccc3oc4cccc(Nc5ccccc5-c5ccc(C6CCCCC6)cc5)c4c3c2)cc1. The Kier molecular flexibility index (Phi) is 5.94. The van der Waals surface area contributed by atoms with Crippen molar-refractivity contribution < 1.29 is 4.42 Å². The first-order valence-corrected chi connectivity index (χ1v) is 13.8. The molecule has 1 heterocycles. The van der Waals surface area contributed by atoms with Gasteiger partial charge in [-0.15, -0.1) is 0 Å². The molecule has 5 aromatic carbocycles. The van der Waals surface area contributed by atoms with Gasteiger partial charge in [-0.3, -0.25) is 0 Å². The summed E-state index contributed by atoms with van der Waals surface area (Å²) in [6.45, 7) is 0. The van der Waals surface area contributed by atoms with E-state index >= 15 is 0 Å². The largest absolute Gasteiger partial charge is 0.456 e. The normalized spacial score (nSPS) is 14.2. The van der Waals surface area contributed by atoms with Crippen molar-refractivity contribution in [1.82, 2.24) is 0 Å². The second-order valence-electron chi connectivity index (χ2n) is 10.5. The van der Waals surface area contributed by atoms with Gasteiger partial charge in [-0.05, 0) is 71.3 Å². The summed E-state index contributed by atoms with van der Waals surface area (Å²) in [4.78, 5) is 0. The third-order valence-corrected chi connectivity index (χ3v) is 8.10. The minimum Gasteiger partial charge on any atom is -0.456 e. The van der Waals surface area contributed by atoms with Gasteiger partial charge < -0.3 is 9.73 Å². The Morgan fingerprint density at radius 1 is 0.553 bits per heavy atom. The van der Waals surface area contributed by atoms with Crippen molar-refractivity contribution in [2.24, 2.45) is 0 Å². The molecule has 0 amide bonds. The van der Waals surface area contributed by atoms with Gasteiger partial charge in [-0.2, -0.15) is 0 Å². The van der Waals surface area contributed by atoms with E-state index in [1.807, 2.05) is 0 Å². The van der Waals surface area contributed by atoms with Gasteiger partial charge in [0.15, 0.2) is 0 Å². The summed E-state index contributed by atoms with van der Waals surface area (Å²) in [7, 11) is 0. The lowest BCUT2D eigenvalue weighted by Gasteiger charge is -2.22. The van der Waals surface area contributed by atoms with E-state index in [2.05, 4.69) is 121 Å². The zero-order valence-corrected chi connectivity index (χ0v) is 21.5. The van der Waals surface area contributed by atoms with Gasteiger partial charge in [-0.1, -0.05) is 104 Å². The second-order valence-corrected chi connectivity index (χ2v) is 10.5. The molecule has 38 heavy (non-hydrogen) atoms. The molecule has 1 saturated carbocycles. The van der Waals surface area contributed by atoms with Gasteiger partial charge in [0.1, 0.15) is 11.2 Å². The Labute approximate surface area is 223 Å². The van der Waals surface area contributed by atoms with Crippen LogP contribution in [-0.2, 0) is 0 Å². The zero-order valence-electron chi connectivity index (χ0n) is 21.5. The first kappa shape index (κ1) is 22.9. The van der Waals surface area contributed by atoms with Crippen LogP contribution in [0.1, 0.15) is 43.6 Å². The summed E-state index contributed by atoms with van der Waals surface area (Å²) in [5.41, 5.74) is 10.3. The van der Waals surface area contributed by atoms with E-state index in [1.165, 1.54) is 59.9 Å². The molecule has 0 unspecified atom stereocenters. The van der Waals surface area contributed by atoms with E-state index in [1.54, 1.807) is 0 Å². The molecule has 0 aliphatic heterocycles. The average Bonchev–Trinajstić information content (AvgIpc) is 3.37. The number of hydrogen-bond acceptors (Lipinski definition) is 2. The lowest BCUT2D eigenvalue weighted by molar-refractivity contribution is 0.443. The van der Waals surface area contributed by atoms with Crippen LogP contribution in [0.25, 0.3) is 44.2 Å². The maximum Gasteiger partial charge on any atom is 0.137 e. The molecule has 0 saturated heterocycles. The lowest BCUT2D eigenvalue weighted by atomic mass is 9.83. The molecule has 0 radical (unpaired) electrons. The Hall–Kier alpha value is -4.30. The van der Waals surface area contributed by atoms with Crippen molar-refractivity contribution in [3.8, 4) is 22.3 Å². The molecule has 1 aliphatic carbocycles. The minimum atomic E-state index is 0.721. The highest BCUT2D eigenvalue weighted by atomic mass is 16.3. The molecule has 0 spiro atoms. The Morgan fingerprint density at radius 2 is 1.29 bits per heavy atom. The number of hydrogen-bond donors (Lipinski definition) is 1. The van der Waals surface area contributed by atoms with Crippen LogP contribution in [0.2, 0.25) is 0 Å². The van der Waals surface area contributed by atoms with Crippen LogP contribution in [0.15, 0.2) is 120 Å². The van der Waals surface area contributed by atoms with E-state index in [0.29, 0.717) is 0 Å². The summed E-state index contributed by atoms with van der Waals surface area (Å²) in [5, 5.41) is 6.01. The van der Waals surface area contributed by atoms with Crippen LogP contribution in [0.3, 0.4) is 0 Å². The van der Waals surface area contributed by atoms with E-state index in [-0.39, 0.29) is 0 Å². The molecule has 2 heteroatoms. The fourth-order valence-electron chi connectivity index (χ4n) is 6.10. The van der Waals surface area contributed by atoms with Gasteiger partial charge in [0, 0.05) is 16.6 Å². The van der Waals surface area contributed by atoms with Gasteiger partial charge >= 0.3 is 0 Å². The molecule has 1 aliphatic rings. The van der Waals surface area contributed by atoms with E-state index in [0.717, 1.165) is 39.2 Å². The number of benzene rings is 5. The van der Waals surface area contributed by atoms with Crippen LogP contribution >= 0.6 is 0 Å². The predicted molar refractivity (Wildman–Crippen MR) is 160 cm³/mol. The first-order valence-electron chi connectivity index (χ1n) is 13.8. The monoisotopic (exact) mass is 493 g/mol. The molecule has 0 atom stereocenters. The molecule has 186 valence electrons. The fraction of sp³-hybridized carbons (Fsp3) is 0.167. The first-order chi connectivity index (χ1) is 18.8. The van der Waals surface area contributed by atoms with Crippen molar-refractivity contribution in [3.05, 3.63) is 121 Å². The highest BCUT2D eigenvalue weighted by Crippen LogP contribution is 2.40. The molecular formula is C36H31NO. The van der Waals surface area contributed by atoms with Crippen LogP contribution in [0.5, 0.6) is 0 Å². The standard InChI is InChI=1S/C36H31NO/c1-3-10-25(11-4-1)27-18-20-28(21-19-27)30-14-7-8-15-32(30)37-33-16-9-17-35-36(33)31-24-29(22-23-34(31)38-35)26-12-5-2-6-13-26/h2,5-9,12-25,37H,1,3-4,10-11H2. The van der Waals surface area contributed by atoms with Crippen molar-refractivity contribution in [1.29, 1.82) is 0 Å². The number of anilines is 2. The van der Waals surface area contributed by atoms with E-state index in [9.17, 15) is 0 Å². The van der Waals surface area contributed by atoms with Crippen LogP contribution in [0.4, 0.5) is 11.4 Å². The van der Waals surface area contributed by atoms with Crippen molar-refractivity contribution in [2.45, 2.75) is 38.0 Å². The summed E-state index contributed by atoms with van der Waals surface area (Å²) >= 11 is 0. The molecule has 1 fully saturated rings.